The zero-order valence-corrected chi connectivity index (χ0v) is 16.1. The van der Waals surface area contributed by atoms with E-state index in [4.69, 9.17) is 10.3 Å². The second kappa shape index (κ2) is 8.02. The molecule has 8 nitrogen and oxygen atoms in total. The molecule has 0 aliphatic carbocycles. The number of rotatable bonds is 5. The third-order valence-corrected chi connectivity index (χ3v) is 4.64. The van der Waals surface area contributed by atoms with E-state index in [1.54, 1.807) is 0 Å². The first-order valence-electron chi connectivity index (χ1n) is 7.79. The van der Waals surface area contributed by atoms with Crippen molar-refractivity contribution in [1.29, 1.82) is 0 Å². The molecule has 0 saturated carbocycles. The van der Waals surface area contributed by atoms with Gasteiger partial charge in [0.25, 0.3) is 10.0 Å². The van der Waals surface area contributed by atoms with Gasteiger partial charge < -0.3 is 10.3 Å². The minimum atomic E-state index is -5.81. The number of alkyl halides is 5. The minimum absolute atomic E-state index is 0.00177. The van der Waals surface area contributed by atoms with Crippen molar-refractivity contribution in [2.24, 2.45) is 14.6 Å². The average molecular weight is 441 g/mol. The molecule has 0 fully saturated rings. The molecule has 0 amide bonds. The fourth-order valence-electron chi connectivity index (χ4n) is 1.83. The first-order valence-corrected chi connectivity index (χ1v) is 9.23. The predicted octanol–water partition coefficient (Wildman–Crippen LogP) is 5.74. The van der Waals surface area contributed by atoms with Crippen LogP contribution in [-0.4, -0.2) is 21.5 Å². The van der Waals surface area contributed by atoms with Crippen LogP contribution in [0.25, 0.3) is 0 Å². The molecule has 1 atom stereocenters. The first kappa shape index (κ1) is 22.7. The van der Waals surface area contributed by atoms with Crippen molar-refractivity contribution >= 4 is 32.9 Å². The van der Waals surface area contributed by atoms with Crippen LogP contribution in [0.2, 0.25) is 0 Å². The molecule has 2 N–H and O–H groups in total. The summed E-state index contributed by atoms with van der Waals surface area (Å²) in [6.07, 6.45) is 0. The zero-order chi connectivity index (χ0) is 22.0. The highest BCUT2D eigenvalue weighted by Gasteiger charge is 2.47. The van der Waals surface area contributed by atoms with E-state index in [2.05, 4.69) is 23.9 Å². The topological polar surface area (TPSA) is 115 Å². The van der Waals surface area contributed by atoms with Gasteiger partial charge in [-0.3, -0.25) is 0 Å². The van der Waals surface area contributed by atoms with Crippen LogP contribution in [0.1, 0.15) is 26.5 Å². The number of nitrogens with two attached hydrogens (primary N) is 1. The van der Waals surface area contributed by atoms with Crippen molar-refractivity contribution in [3.63, 3.8) is 0 Å². The van der Waals surface area contributed by atoms with Gasteiger partial charge in [0.2, 0.25) is 5.82 Å². The number of aromatic nitrogens is 1. The molecule has 29 heavy (non-hydrogen) atoms. The lowest BCUT2D eigenvalue weighted by molar-refractivity contribution is -0.0856. The Bertz CT molecular complexity index is 1020. The van der Waals surface area contributed by atoms with Gasteiger partial charge in [-0.2, -0.15) is 26.3 Å². The summed E-state index contributed by atoms with van der Waals surface area (Å²) in [5.41, 5.74) is -1.72. The molecule has 0 bridgehead atoms. The second-order valence-electron chi connectivity index (χ2n) is 6.62. The summed E-state index contributed by atoms with van der Waals surface area (Å²) in [5, 5.41) is 11.0. The fraction of sp³-hybridized carbons (Fsp3) is 0.400. The van der Waals surface area contributed by atoms with E-state index in [-0.39, 0.29) is 22.6 Å². The molecule has 2 rings (SSSR count). The van der Waals surface area contributed by atoms with Gasteiger partial charge in [0.05, 0.1) is 0 Å². The van der Waals surface area contributed by atoms with E-state index in [0.29, 0.717) is 5.76 Å². The Morgan fingerprint density at radius 2 is 1.79 bits per heavy atom. The summed E-state index contributed by atoms with van der Waals surface area (Å²) in [7, 11) is -5.81. The van der Waals surface area contributed by atoms with Crippen molar-refractivity contribution in [3.05, 3.63) is 30.0 Å². The van der Waals surface area contributed by atoms with Crippen LogP contribution in [-0.2, 0) is 19.6 Å². The van der Waals surface area contributed by atoms with Crippen LogP contribution < -0.4 is 5.73 Å². The number of azo groups is 1. The molecule has 14 heteroatoms. The zero-order valence-electron chi connectivity index (χ0n) is 15.3. The minimum Gasteiger partial charge on any atom is -0.399 e. The van der Waals surface area contributed by atoms with Crippen LogP contribution in [0, 0.1) is 0 Å². The number of hydrogen-bond acceptors (Lipinski definition) is 8. The van der Waals surface area contributed by atoms with Gasteiger partial charge in [-0.15, -0.1) is 10.2 Å². The van der Waals surface area contributed by atoms with Crippen molar-refractivity contribution < 1.29 is 34.9 Å². The summed E-state index contributed by atoms with van der Waals surface area (Å²) < 4.78 is 86.9. The van der Waals surface area contributed by atoms with Gasteiger partial charge in [0, 0.05) is 17.2 Å². The van der Waals surface area contributed by atoms with Crippen molar-refractivity contribution in [2.45, 2.75) is 38.3 Å². The molecular weight excluding hydrogens is 425 g/mol. The van der Waals surface area contributed by atoms with E-state index in [1.165, 1.54) is 12.1 Å². The number of halogens is 5. The van der Waals surface area contributed by atoms with Gasteiger partial charge in [0.15, 0.2) is 0 Å². The molecule has 0 saturated heterocycles. The second-order valence-corrected chi connectivity index (χ2v) is 8.40. The predicted molar refractivity (Wildman–Crippen MR) is 93.6 cm³/mol. The van der Waals surface area contributed by atoms with Gasteiger partial charge in [-0.25, -0.2) is 8.39 Å². The van der Waals surface area contributed by atoms with E-state index >= 15 is 0 Å². The Hall–Kier alpha value is -2.61. The highest BCUT2D eigenvalue weighted by Crippen LogP contribution is 2.37. The SMILES string of the molecule is CC(C)(C)c1cc(N=Nc2ccc(N)cc2N=S(=O)(OC(F)F)C(F)(F)F)no1. The largest absolute Gasteiger partial charge is 0.504 e. The van der Waals surface area contributed by atoms with Gasteiger partial charge in [0.1, 0.15) is 17.1 Å². The molecule has 1 aromatic heterocycles. The molecule has 1 aromatic carbocycles. The van der Waals surface area contributed by atoms with Gasteiger partial charge >= 0.3 is 12.1 Å². The summed E-state index contributed by atoms with van der Waals surface area (Å²) in [6.45, 7) is 1.57. The highest BCUT2D eigenvalue weighted by molar-refractivity contribution is 7.90. The van der Waals surface area contributed by atoms with E-state index < -0.39 is 27.8 Å². The number of benzene rings is 1. The maximum atomic E-state index is 13.0. The molecule has 2 aromatic rings. The van der Waals surface area contributed by atoms with Crippen molar-refractivity contribution in [1.82, 2.24) is 5.16 Å². The molecule has 1 unspecified atom stereocenters. The Labute approximate surface area is 162 Å². The third-order valence-electron chi connectivity index (χ3n) is 3.21. The van der Waals surface area contributed by atoms with Gasteiger partial charge in [-0.1, -0.05) is 25.9 Å². The molecule has 0 spiro atoms. The summed E-state index contributed by atoms with van der Waals surface area (Å²) in [4.78, 5) is 0. The summed E-state index contributed by atoms with van der Waals surface area (Å²) in [5.74, 6) is 0.470. The molecule has 0 aliphatic heterocycles. The molecule has 0 aliphatic rings. The molecule has 0 radical (unpaired) electrons. The fourth-order valence-corrected chi connectivity index (χ4v) is 2.68. The van der Waals surface area contributed by atoms with Gasteiger partial charge in [-0.05, 0) is 18.2 Å². The van der Waals surface area contributed by atoms with Crippen LogP contribution in [0.15, 0.2) is 43.4 Å². The quantitative estimate of drug-likeness (QED) is 0.361. The van der Waals surface area contributed by atoms with E-state index in [1.807, 2.05) is 20.8 Å². The summed E-state index contributed by atoms with van der Waals surface area (Å²) in [6, 6.07) is 4.68. The van der Waals surface area contributed by atoms with Crippen molar-refractivity contribution in [2.75, 3.05) is 5.73 Å². The monoisotopic (exact) mass is 441 g/mol. The smallest absolute Gasteiger partial charge is 0.399 e. The van der Waals surface area contributed by atoms with E-state index in [9.17, 15) is 26.2 Å². The Kier molecular flexibility index (Phi) is 6.27. The lowest BCUT2D eigenvalue weighted by Crippen LogP contribution is -2.27. The van der Waals surface area contributed by atoms with E-state index in [0.717, 1.165) is 12.1 Å². The Balaban J connectivity index is 2.51. The molecular formula is C15H16F5N5O3S. The first-order chi connectivity index (χ1) is 13.2. The third kappa shape index (κ3) is 5.69. The standard InChI is InChI=1S/C15H16F5N5O3S/c1-14(2,3)11-7-12(24-27-11)23-22-9-5-4-8(21)6-10(9)25-29(26,15(18,19)20)28-13(16)17/h4-7,13H,21H2,1-3H3. The number of hydrogen-bond donors (Lipinski definition) is 1. The maximum Gasteiger partial charge on any atom is 0.504 e. The number of anilines is 1. The van der Waals surface area contributed by atoms with Crippen LogP contribution in [0.4, 0.5) is 44.8 Å². The lowest BCUT2D eigenvalue weighted by atomic mass is 9.93. The van der Waals surface area contributed by atoms with Crippen LogP contribution in [0.3, 0.4) is 0 Å². The Morgan fingerprint density at radius 3 is 2.31 bits per heavy atom. The summed E-state index contributed by atoms with van der Waals surface area (Å²) >= 11 is 0. The highest BCUT2D eigenvalue weighted by atomic mass is 32.2. The average Bonchev–Trinajstić information content (AvgIpc) is 3.01. The number of nitrogen functional groups attached to an aromatic ring is 1. The normalized spacial score (nSPS) is 15.1. The molecule has 160 valence electrons. The van der Waals surface area contributed by atoms with Crippen molar-refractivity contribution in [3.8, 4) is 0 Å². The number of nitrogens with zero attached hydrogens (tertiary/aromatic N) is 4. The lowest BCUT2D eigenvalue weighted by Gasteiger charge is -2.13. The molecule has 1 heterocycles. The Morgan fingerprint density at radius 1 is 1.14 bits per heavy atom. The maximum absolute atomic E-state index is 13.0. The van der Waals surface area contributed by atoms with Crippen LogP contribution >= 0.6 is 0 Å². The van der Waals surface area contributed by atoms with Crippen LogP contribution in [0.5, 0.6) is 0 Å².